The number of hydrogen-bond acceptors (Lipinski definition) is 2. The summed E-state index contributed by atoms with van der Waals surface area (Å²) in [5, 5.41) is 0. The van der Waals surface area contributed by atoms with Gasteiger partial charge < -0.3 is 0 Å². The van der Waals surface area contributed by atoms with Gasteiger partial charge in [-0.05, 0) is 39.8 Å². The molecule has 0 amide bonds. The first-order chi connectivity index (χ1) is 5.99. The van der Waals surface area contributed by atoms with Crippen LogP contribution < -0.4 is 0 Å². The molecule has 76 valence electrons. The van der Waals surface area contributed by atoms with Crippen LogP contribution in [0.5, 0.6) is 0 Å². The Hall–Kier alpha value is -0.370. The molecule has 2 heteroatoms. The zero-order valence-electron chi connectivity index (χ0n) is 9.26. The summed E-state index contributed by atoms with van der Waals surface area (Å²) >= 11 is 0. The summed E-state index contributed by atoms with van der Waals surface area (Å²) < 4.78 is 0. The van der Waals surface area contributed by atoms with Gasteiger partial charge in [0.1, 0.15) is 5.78 Å². The van der Waals surface area contributed by atoms with Gasteiger partial charge in [-0.25, -0.2) is 0 Å². The third kappa shape index (κ3) is 1.93. The molecule has 2 atom stereocenters. The van der Waals surface area contributed by atoms with Crippen LogP contribution in [-0.2, 0) is 4.79 Å². The van der Waals surface area contributed by atoms with E-state index in [9.17, 15) is 4.79 Å². The number of rotatable bonds is 2. The van der Waals surface area contributed by atoms with Crippen LogP contribution in [0.1, 0.15) is 39.5 Å². The van der Waals surface area contributed by atoms with E-state index >= 15 is 0 Å². The quantitative estimate of drug-likeness (QED) is 0.653. The fourth-order valence-corrected chi connectivity index (χ4v) is 2.56. The van der Waals surface area contributed by atoms with Gasteiger partial charge in [-0.2, -0.15) is 0 Å². The molecule has 0 aliphatic heterocycles. The Labute approximate surface area is 81.3 Å². The molecule has 2 nitrogen and oxygen atoms in total. The van der Waals surface area contributed by atoms with Crippen LogP contribution in [0.25, 0.3) is 0 Å². The van der Waals surface area contributed by atoms with Crippen LogP contribution in [0.4, 0.5) is 0 Å². The molecule has 0 spiro atoms. The van der Waals surface area contributed by atoms with E-state index in [1.54, 1.807) is 6.92 Å². The van der Waals surface area contributed by atoms with Gasteiger partial charge in [0, 0.05) is 0 Å². The zero-order valence-corrected chi connectivity index (χ0v) is 9.26. The zero-order chi connectivity index (χ0) is 10.1. The molecule has 0 radical (unpaired) electrons. The lowest BCUT2D eigenvalue weighted by molar-refractivity contribution is -0.130. The van der Waals surface area contributed by atoms with E-state index in [0.29, 0.717) is 11.7 Å². The number of likely N-dealkylation sites (N-methyl/N-ethyl adjacent to an activating group) is 1. The molecule has 0 aromatic rings. The van der Waals surface area contributed by atoms with Crippen LogP contribution in [0.15, 0.2) is 0 Å². The molecular weight excluding hydrogens is 162 g/mol. The van der Waals surface area contributed by atoms with E-state index in [2.05, 4.69) is 11.8 Å². The molecule has 13 heavy (non-hydrogen) atoms. The van der Waals surface area contributed by atoms with Gasteiger partial charge in [-0.3, -0.25) is 9.69 Å². The second-order valence-corrected chi connectivity index (χ2v) is 4.68. The van der Waals surface area contributed by atoms with E-state index in [-0.39, 0.29) is 5.54 Å². The van der Waals surface area contributed by atoms with Crippen LogP contribution in [-0.4, -0.2) is 30.3 Å². The van der Waals surface area contributed by atoms with Gasteiger partial charge in [0.25, 0.3) is 0 Å². The highest BCUT2D eigenvalue weighted by atomic mass is 16.1. The lowest BCUT2D eigenvalue weighted by Crippen LogP contribution is -2.52. The number of carbonyl (C=O) groups is 1. The Morgan fingerprint density at radius 3 is 2.38 bits per heavy atom. The summed E-state index contributed by atoms with van der Waals surface area (Å²) in [5.74, 6) is 1.03. The maximum Gasteiger partial charge on any atom is 0.150 e. The second kappa shape index (κ2) is 3.79. The number of ketones is 1. The van der Waals surface area contributed by atoms with Gasteiger partial charge in [0.05, 0.1) is 5.54 Å². The highest BCUT2D eigenvalue weighted by Gasteiger charge is 2.40. The Morgan fingerprint density at radius 1 is 1.46 bits per heavy atom. The van der Waals surface area contributed by atoms with Crippen molar-refractivity contribution < 1.29 is 4.79 Å². The molecule has 1 fully saturated rings. The molecule has 0 heterocycles. The summed E-state index contributed by atoms with van der Waals surface area (Å²) in [6, 6.07) is 0. The molecule has 1 aliphatic rings. The molecule has 1 aliphatic carbocycles. The normalized spacial score (nSPS) is 35.0. The fraction of sp³-hybridized carbons (Fsp3) is 0.909. The van der Waals surface area contributed by atoms with E-state index < -0.39 is 0 Å². The predicted molar refractivity (Wildman–Crippen MR) is 54.7 cm³/mol. The van der Waals surface area contributed by atoms with Gasteiger partial charge in [-0.1, -0.05) is 19.8 Å². The second-order valence-electron chi connectivity index (χ2n) is 4.68. The van der Waals surface area contributed by atoms with E-state index in [1.165, 1.54) is 12.8 Å². The Balaban J connectivity index is 2.83. The molecule has 1 saturated carbocycles. The van der Waals surface area contributed by atoms with E-state index in [4.69, 9.17) is 0 Å². The highest BCUT2D eigenvalue weighted by molar-refractivity contribution is 5.86. The SMILES string of the molecule is CC(=O)C1(N(C)C)CCCC(C)C1. The molecule has 0 saturated heterocycles. The average Bonchev–Trinajstić information content (AvgIpc) is 2.03. The maximum atomic E-state index is 11.7. The number of nitrogens with zero attached hydrogens (tertiary/aromatic N) is 1. The highest BCUT2D eigenvalue weighted by Crippen LogP contribution is 2.36. The van der Waals surface area contributed by atoms with Crippen LogP contribution in [0.2, 0.25) is 0 Å². The summed E-state index contributed by atoms with van der Waals surface area (Å²) in [5.41, 5.74) is -0.155. The topological polar surface area (TPSA) is 20.3 Å². The molecule has 2 unspecified atom stereocenters. The van der Waals surface area contributed by atoms with Crippen molar-refractivity contribution in [3.63, 3.8) is 0 Å². The Kier molecular flexibility index (Phi) is 3.12. The minimum Gasteiger partial charge on any atom is -0.298 e. The van der Waals surface area contributed by atoms with Gasteiger partial charge in [0.2, 0.25) is 0 Å². The van der Waals surface area contributed by atoms with Crippen LogP contribution in [0, 0.1) is 5.92 Å². The largest absolute Gasteiger partial charge is 0.298 e. The third-order valence-corrected chi connectivity index (χ3v) is 3.48. The average molecular weight is 183 g/mol. The van der Waals surface area contributed by atoms with Crippen molar-refractivity contribution in [3.05, 3.63) is 0 Å². The third-order valence-electron chi connectivity index (χ3n) is 3.48. The summed E-state index contributed by atoms with van der Waals surface area (Å²) in [6.45, 7) is 3.98. The first-order valence-corrected chi connectivity index (χ1v) is 5.17. The van der Waals surface area contributed by atoms with Crippen molar-refractivity contribution in [1.29, 1.82) is 0 Å². The Bertz CT molecular complexity index is 200. The van der Waals surface area contributed by atoms with Crippen LogP contribution >= 0.6 is 0 Å². The molecule has 1 rings (SSSR count). The first-order valence-electron chi connectivity index (χ1n) is 5.17. The van der Waals surface area contributed by atoms with Crippen molar-refractivity contribution in [3.8, 4) is 0 Å². The number of carbonyl (C=O) groups excluding carboxylic acids is 1. The number of hydrogen-bond donors (Lipinski definition) is 0. The Morgan fingerprint density at radius 2 is 2.08 bits per heavy atom. The lowest BCUT2D eigenvalue weighted by atomic mass is 9.73. The first kappa shape index (κ1) is 10.7. The lowest BCUT2D eigenvalue weighted by Gasteiger charge is -2.43. The van der Waals surface area contributed by atoms with Gasteiger partial charge in [-0.15, -0.1) is 0 Å². The minimum absolute atomic E-state index is 0.155. The van der Waals surface area contributed by atoms with E-state index in [0.717, 1.165) is 12.8 Å². The van der Waals surface area contributed by atoms with Gasteiger partial charge >= 0.3 is 0 Å². The molecule has 0 bridgehead atoms. The molecule has 0 aromatic carbocycles. The number of Topliss-reactive ketones (excluding diaryl/α,β-unsaturated/α-hetero) is 1. The van der Waals surface area contributed by atoms with Crippen molar-refractivity contribution in [2.24, 2.45) is 5.92 Å². The van der Waals surface area contributed by atoms with Crippen molar-refractivity contribution in [1.82, 2.24) is 4.90 Å². The van der Waals surface area contributed by atoms with Gasteiger partial charge in [0.15, 0.2) is 0 Å². The smallest absolute Gasteiger partial charge is 0.150 e. The van der Waals surface area contributed by atoms with E-state index in [1.807, 2.05) is 14.1 Å². The predicted octanol–water partition coefficient (Wildman–Crippen LogP) is 2.09. The fourth-order valence-electron chi connectivity index (χ4n) is 2.56. The van der Waals surface area contributed by atoms with Crippen LogP contribution in [0.3, 0.4) is 0 Å². The minimum atomic E-state index is -0.155. The summed E-state index contributed by atoms with van der Waals surface area (Å²) in [7, 11) is 4.05. The molecular formula is C11H21NO. The molecule has 0 N–H and O–H groups in total. The standard InChI is InChI=1S/C11H21NO/c1-9-6-5-7-11(8-9,10(2)13)12(3)4/h9H,5-8H2,1-4H3. The van der Waals surface area contributed by atoms with Crippen molar-refractivity contribution >= 4 is 5.78 Å². The summed E-state index contributed by atoms with van der Waals surface area (Å²) in [4.78, 5) is 13.8. The summed E-state index contributed by atoms with van der Waals surface area (Å²) in [6.07, 6.45) is 4.55. The van der Waals surface area contributed by atoms with Crippen molar-refractivity contribution in [2.45, 2.75) is 45.1 Å². The van der Waals surface area contributed by atoms with Crippen molar-refractivity contribution in [2.75, 3.05) is 14.1 Å². The monoisotopic (exact) mass is 183 g/mol. The molecule has 0 aromatic heterocycles. The maximum absolute atomic E-state index is 11.7.